The van der Waals surface area contributed by atoms with Crippen molar-refractivity contribution in [2.45, 2.75) is 6.18 Å². The van der Waals surface area contributed by atoms with Crippen molar-refractivity contribution in [3.8, 4) is 11.8 Å². The Balaban J connectivity index is 2.95. The van der Waals surface area contributed by atoms with Gasteiger partial charge in [-0.25, -0.2) is 0 Å². The molecule has 0 saturated carbocycles. The highest BCUT2D eigenvalue weighted by Gasteiger charge is 2.38. The van der Waals surface area contributed by atoms with Gasteiger partial charge in [0.1, 0.15) is 11.8 Å². The average molecular weight is 244 g/mol. The predicted octanol–water partition coefficient (Wildman–Crippen LogP) is 2.07. The molecule has 0 bridgehead atoms. The molecule has 0 radical (unpaired) electrons. The van der Waals surface area contributed by atoms with Crippen LogP contribution >= 0.6 is 0 Å². The molecule has 1 amide bonds. The Bertz CT molecular complexity index is 477. The smallest absolute Gasteiger partial charge is 0.471 e. The first kappa shape index (κ1) is 12.8. The van der Waals surface area contributed by atoms with E-state index in [1.807, 2.05) is 0 Å². The number of carbonyl (C=O) groups is 1. The van der Waals surface area contributed by atoms with E-state index in [1.54, 1.807) is 11.4 Å². The zero-order valence-corrected chi connectivity index (χ0v) is 8.63. The molecule has 1 aromatic rings. The highest BCUT2D eigenvalue weighted by molar-refractivity contribution is 5.95. The second-order valence-corrected chi connectivity index (χ2v) is 2.98. The number of methoxy groups -OCH3 is 1. The number of nitrogens with zero attached hydrogens (tertiary/aromatic N) is 1. The lowest BCUT2D eigenvalue weighted by Crippen LogP contribution is -2.29. The van der Waals surface area contributed by atoms with Gasteiger partial charge in [-0.3, -0.25) is 4.79 Å². The topological polar surface area (TPSA) is 62.1 Å². The van der Waals surface area contributed by atoms with Crippen LogP contribution in [-0.2, 0) is 4.79 Å². The van der Waals surface area contributed by atoms with Crippen molar-refractivity contribution in [2.75, 3.05) is 12.4 Å². The summed E-state index contributed by atoms with van der Waals surface area (Å²) < 4.78 is 40.7. The molecule has 0 aliphatic carbocycles. The number of ether oxygens (including phenoxy) is 1. The number of nitrogens with one attached hydrogen (secondary N) is 1. The molecule has 0 saturated heterocycles. The predicted molar refractivity (Wildman–Crippen MR) is 52.4 cm³/mol. The van der Waals surface area contributed by atoms with Crippen LogP contribution < -0.4 is 10.1 Å². The Kier molecular flexibility index (Phi) is 3.58. The van der Waals surface area contributed by atoms with Crippen LogP contribution in [0.4, 0.5) is 18.9 Å². The van der Waals surface area contributed by atoms with Crippen molar-refractivity contribution in [1.29, 1.82) is 5.26 Å². The Hall–Kier alpha value is -2.23. The molecule has 1 rings (SSSR count). The Morgan fingerprint density at radius 2 is 2.12 bits per heavy atom. The van der Waals surface area contributed by atoms with E-state index in [0.717, 1.165) is 6.07 Å². The summed E-state index contributed by atoms with van der Waals surface area (Å²) in [7, 11) is 1.32. The highest BCUT2D eigenvalue weighted by Crippen LogP contribution is 2.23. The maximum atomic E-state index is 12.0. The van der Waals surface area contributed by atoms with E-state index < -0.39 is 12.1 Å². The van der Waals surface area contributed by atoms with E-state index in [4.69, 9.17) is 10.00 Å². The van der Waals surface area contributed by atoms with Crippen molar-refractivity contribution in [3.05, 3.63) is 23.8 Å². The number of alkyl halides is 3. The summed E-state index contributed by atoms with van der Waals surface area (Å²) in [4.78, 5) is 10.6. The third-order valence-corrected chi connectivity index (χ3v) is 1.84. The number of benzene rings is 1. The van der Waals surface area contributed by atoms with E-state index in [9.17, 15) is 18.0 Å². The number of rotatable bonds is 2. The molecule has 0 aromatic heterocycles. The Morgan fingerprint density at radius 1 is 1.47 bits per heavy atom. The standard InChI is InChI=1S/C10H7F3N2O2/c1-17-8-3-2-7(4-6(8)5-14)15-9(16)10(11,12)13/h2-4H,1H3,(H,15,16). The first-order chi connectivity index (χ1) is 7.88. The summed E-state index contributed by atoms with van der Waals surface area (Å²) in [6, 6.07) is 5.35. The van der Waals surface area contributed by atoms with Gasteiger partial charge in [-0.1, -0.05) is 0 Å². The van der Waals surface area contributed by atoms with Gasteiger partial charge in [0.25, 0.3) is 0 Å². The molecule has 4 nitrogen and oxygen atoms in total. The minimum absolute atomic E-state index is 0.0347. The summed E-state index contributed by atoms with van der Waals surface area (Å²) in [5.74, 6) is -1.87. The van der Waals surface area contributed by atoms with Crippen LogP contribution in [0.15, 0.2) is 18.2 Å². The summed E-state index contributed by atoms with van der Waals surface area (Å²) >= 11 is 0. The van der Waals surface area contributed by atoms with Crippen molar-refractivity contribution in [2.24, 2.45) is 0 Å². The summed E-state index contributed by atoms with van der Waals surface area (Å²) in [6.45, 7) is 0. The molecule has 0 aliphatic rings. The van der Waals surface area contributed by atoms with Crippen LogP contribution in [0.25, 0.3) is 0 Å². The van der Waals surface area contributed by atoms with Gasteiger partial charge in [-0.2, -0.15) is 18.4 Å². The number of carbonyl (C=O) groups excluding carboxylic acids is 1. The largest absolute Gasteiger partial charge is 0.495 e. The number of hydrogen-bond donors (Lipinski definition) is 1. The van der Waals surface area contributed by atoms with E-state index in [1.165, 1.54) is 19.2 Å². The van der Waals surface area contributed by atoms with Crippen molar-refractivity contribution >= 4 is 11.6 Å². The minimum atomic E-state index is -4.97. The molecule has 0 fully saturated rings. The lowest BCUT2D eigenvalue weighted by Gasteiger charge is -2.09. The van der Waals surface area contributed by atoms with Crippen molar-refractivity contribution in [3.63, 3.8) is 0 Å². The second kappa shape index (κ2) is 4.74. The molecule has 7 heteroatoms. The van der Waals surface area contributed by atoms with Crippen molar-refractivity contribution < 1.29 is 22.7 Å². The quantitative estimate of drug-likeness (QED) is 0.866. The van der Waals surface area contributed by atoms with Crippen LogP contribution in [0.1, 0.15) is 5.56 Å². The molecular formula is C10H7F3N2O2. The normalized spacial score (nSPS) is 10.5. The monoisotopic (exact) mass is 244 g/mol. The summed E-state index contributed by atoms with van der Waals surface area (Å²) in [5.41, 5.74) is -0.0860. The van der Waals surface area contributed by atoms with Crippen LogP contribution in [0.2, 0.25) is 0 Å². The van der Waals surface area contributed by atoms with Crippen LogP contribution in [0.5, 0.6) is 5.75 Å². The number of hydrogen-bond acceptors (Lipinski definition) is 3. The van der Waals surface area contributed by atoms with Crippen LogP contribution in [0.3, 0.4) is 0 Å². The summed E-state index contributed by atoms with van der Waals surface area (Å²) in [5, 5.41) is 10.3. The number of nitriles is 1. The summed E-state index contributed by atoms with van der Waals surface area (Å²) in [6.07, 6.45) is -4.97. The third-order valence-electron chi connectivity index (χ3n) is 1.84. The number of anilines is 1. The van der Waals surface area contributed by atoms with Gasteiger partial charge in [0.15, 0.2) is 0 Å². The zero-order chi connectivity index (χ0) is 13.1. The van der Waals surface area contributed by atoms with Gasteiger partial charge >= 0.3 is 12.1 Å². The molecular weight excluding hydrogens is 237 g/mol. The average Bonchev–Trinajstić information content (AvgIpc) is 2.27. The Labute approximate surface area is 94.6 Å². The van der Waals surface area contributed by atoms with E-state index in [2.05, 4.69) is 0 Å². The third kappa shape index (κ3) is 3.11. The van der Waals surface area contributed by atoms with Crippen LogP contribution in [0, 0.1) is 11.3 Å². The van der Waals surface area contributed by atoms with E-state index in [0.29, 0.717) is 0 Å². The molecule has 0 spiro atoms. The van der Waals surface area contributed by atoms with Gasteiger partial charge < -0.3 is 10.1 Å². The molecule has 17 heavy (non-hydrogen) atoms. The lowest BCUT2D eigenvalue weighted by atomic mass is 10.2. The zero-order valence-electron chi connectivity index (χ0n) is 8.63. The maximum Gasteiger partial charge on any atom is 0.471 e. The fourth-order valence-electron chi connectivity index (χ4n) is 1.08. The lowest BCUT2D eigenvalue weighted by molar-refractivity contribution is -0.167. The first-order valence-electron chi connectivity index (χ1n) is 4.35. The number of halogens is 3. The fourth-order valence-corrected chi connectivity index (χ4v) is 1.08. The van der Waals surface area contributed by atoms with Gasteiger partial charge in [-0.15, -0.1) is 0 Å². The second-order valence-electron chi connectivity index (χ2n) is 2.98. The van der Waals surface area contributed by atoms with Gasteiger partial charge in [0, 0.05) is 5.69 Å². The number of amides is 1. The molecule has 0 heterocycles. The van der Waals surface area contributed by atoms with E-state index >= 15 is 0 Å². The van der Waals surface area contributed by atoms with Gasteiger partial charge in [0.2, 0.25) is 0 Å². The molecule has 1 aromatic carbocycles. The molecule has 0 atom stereocenters. The fraction of sp³-hybridized carbons (Fsp3) is 0.200. The molecule has 1 N–H and O–H groups in total. The molecule has 0 aliphatic heterocycles. The molecule has 90 valence electrons. The van der Waals surface area contributed by atoms with Gasteiger partial charge in [0.05, 0.1) is 12.7 Å². The highest BCUT2D eigenvalue weighted by atomic mass is 19.4. The van der Waals surface area contributed by atoms with Crippen LogP contribution in [-0.4, -0.2) is 19.2 Å². The van der Waals surface area contributed by atoms with Gasteiger partial charge in [-0.05, 0) is 18.2 Å². The SMILES string of the molecule is COc1ccc(NC(=O)C(F)(F)F)cc1C#N. The van der Waals surface area contributed by atoms with E-state index in [-0.39, 0.29) is 17.0 Å². The maximum absolute atomic E-state index is 12.0. The minimum Gasteiger partial charge on any atom is -0.495 e. The first-order valence-corrected chi connectivity index (χ1v) is 4.35. The Morgan fingerprint density at radius 3 is 2.59 bits per heavy atom. The molecule has 0 unspecified atom stereocenters. The van der Waals surface area contributed by atoms with Crippen molar-refractivity contribution in [1.82, 2.24) is 0 Å².